The molecule has 0 aliphatic carbocycles. The zero-order valence-corrected chi connectivity index (χ0v) is 17.1. The van der Waals surface area contributed by atoms with Crippen molar-refractivity contribution in [3.05, 3.63) is 83.4 Å². The Balaban J connectivity index is 2.03. The van der Waals surface area contributed by atoms with Crippen LogP contribution in [0.2, 0.25) is 0 Å². The van der Waals surface area contributed by atoms with Gasteiger partial charge >= 0.3 is 5.97 Å². The van der Waals surface area contributed by atoms with E-state index < -0.39 is 17.2 Å². The molecule has 0 aliphatic heterocycles. The second kappa shape index (κ2) is 9.22. The number of hydrogen-bond acceptors (Lipinski definition) is 5. The molecule has 30 heavy (non-hydrogen) atoms. The average molecular weight is 422 g/mol. The van der Waals surface area contributed by atoms with Crippen LogP contribution in [-0.4, -0.2) is 21.8 Å². The summed E-state index contributed by atoms with van der Waals surface area (Å²) in [5.74, 6) is 0.118. The molecule has 0 spiro atoms. The summed E-state index contributed by atoms with van der Waals surface area (Å²) in [4.78, 5) is 12.4. The summed E-state index contributed by atoms with van der Waals surface area (Å²) in [6.07, 6.45) is 0. The number of methoxy groups -OCH3 is 1. The zero-order valence-electron chi connectivity index (χ0n) is 16.2. The van der Waals surface area contributed by atoms with Gasteiger partial charge in [0, 0.05) is 0 Å². The van der Waals surface area contributed by atoms with E-state index in [1.165, 1.54) is 19.2 Å². The van der Waals surface area contributed by atoms with Crippen LogP contribution in [0.5, 0.6) is 11.5 Å². The van der Waals surface area contributed by atoms with Crippen LogP contribution in [0.15, 0.2) is 66.7 Å². The molecule has 0 aliphatic rings. The first-order chi connectivity index (χ1) is 14.4. The molecule has 152 valence electrons. The van der Waals surface area contributed by atoms with Crippen molar-refractivity contribution in [1.82, 2.24) is 0 Å². The second-order valence-corrected chi connectivity index (χ2v) is 7.10. The first-order valence-corrected chi connectivity index (χ1v) is 9.87. The van der Waals surface area contributed by atoms with Crippen LogP contribution in [0.1, 0.15) is 21.5 Å². The SMILES string of the molecule is COC(=O)c1cc(Oc2ccc(C#N)cc2)ccc1N(c1ccc(C)cc1)S(=O)O. The van der Waals surface area contributed by atoms with Gasteiger partial charge in [-0.15, -0.1) is 0 Å². The molecule has 7 nitrogen and oxygen atoms in total. The second-order valence-electron chi connectivity index (χ2n) is 6.27. The number of nitrogens with zero attached hydrogens (tertiary/aromatic N) is 2. The monoisotopic (exact) mass is 422 g/mol. The van der Waals surface area contributed by atoms with E-state index in [0.717, 1.165) is 9.87 Å². The highest BCUT2D eigenvalue weighted by atomic mass is 32.2. The van der Waals surface area contributed by atoms with Crippen LogP contribution in [0, 0.1) is 18.3 Å². The number of rotatable bonds is 6. The molecule has 1 atom stereocenters. The Labute approximate surface area is 176 Å². The maximum Gasteiger partial charge on any atom is 0.340 e. The lowest BCUT2D eigenvalue weighted by atomic mass is 10.1. The summed E-state index contributed by atoms with van der Waals surface area (Å²) in [5, 5.41) is 8.89. The highest BCUT2D eigenvalue weighted by Gasteiger charge is 2.23. The van der Waals surface area contributed by atoms with Gasteiger partial charge in [-0.05, 0) is 61.5 Å². The molecule has 0 saturated heterocycles. The van der Waals surface area contributed by atoms with Gasteiger partial charge in [0.05, 0.1) is 35.7 Å². The number of esters is 1. The maximum atomic E-state index is 12.4. The molecule has 1 unspecified atom stereocenters. The normalized spacial score (nSPS) is 11.3. The molecule has 1 N–H and O–H groups in total. The van der Waals surface area contributed by atoms with E-state index >= 15 is 0 Å². The zero-order chi connectivity index (χ0) is 21.7. The molecule has 0 aromatic heterocycles. The summed E-state index contributed by atoms with van der Waals surface area (Å²) in [6, 6.07) is 20.0. The van der Waals surface area contributed by atoms with Crippen LogP contribution in [0.4, 0.5) is 11.4 Å². The van der Waals surface area contributed by atoms with E-state index in [9.17, 15) is 13.6 Å². The largest absolute Gasteiger partial charge is 0.465 e. The number of benzene rings is 3. The van der Waals surface area contributed by atoms with Gasteiger partial charge in [-0.25, -0.2) is 13.3 Å². The molecule has 0 fully saturated rings. The average Bonchev–Trinajstić information content (AvgIpc) is 2.76. The third kappa shape index (κ3) is 4.66. The smallest absolute Gasteiger partial charge is 0.340 e. The van der Waals surface area contributed by atoms with E-state index in [2.05, 4.69) is 0 Å². The Morgan fingerprint density at radius 3 is 2.23 bits per heavy atom. The first kappa shape index (κ1) is 21.0. The number of nitriles is 1. The highest BCUT2D eigenvalue weighted by molar-refractivity contribution is 7.81. The minimum Gasteiger partial charge on any atom is -0.465 e. The number of carbonyl (C=O) groups is 1. The molecule has 0 amide bonds. The van der Waals surface area contributed by atoms with E-state index in [-0.39, 0.29) is 11.3 Å². The minimum absolute atomic E-state index is 0.0617. The van der Waals surface area contributed by atoms with E-state index in [1.807, 2.05) is 13.0 Å². The Kier molecular flexibility index (Phi) is 6.47. The fourth-order valence-corrected chi connectivity index (χ4v) is 3.39. The quantitative estimate of drug-likeness (QED) is 0.456. The van der Waals surface area contributed by atoms with Crippen molar-refractivity contribution in [3.8, 4) is 17.6 Å². The lowest BCUT2D eigenvalue weighted by Crippen LogP contribution is -2.22. The number of anilines is 2. The van der Waals surface area contributed by atoms with Crippen molar-refractivity contribution >= 4 is 28.6 Å². The number of carbonyl (C=O) groups excluding carboxylic acids is 1. The van der Waals surface area contributed by atoms with Gasteiger partial charge in [0.25, 0.3) is 11.3 Å². The highest BCUT2D eigenvalue weighted by Crippen LogP contribution is 2.34. The molecule has 3 aromatic rings. The molecule has 3 aromatic carbocycles. The Morgan fingerprint density at radius 2 is 1.67 bits per heavy atom. The van der Waals surface area contributed by atoms with Crippen molar-refractivity contribution in [3.63, 3.8) is 0 Å². The fourth-order valence-electron chi connectivity index (χ4n) is 2.76. The number of aryl methyl sites for hydroxylation is 1. The molecule has 0 saturated carbocycles. The Bertz CT molecular complexity index is 1120. The van der Waals surface area contributed by atoms with Crippen LogP contribution >= 0.6 is 0 Å². The third-order valence-electron chi connectivity index (χ3n) is 4.24. The van der Waals surface area contributed by atoms with Gasteiger partial charge in [0.15, 0.2) is 0 Å². The summed E-state index contributed by atoms with van der Waals surface area (Å²) in [7, 11) is 1.23. The fraction of sp³-hybridized carbons (Fsp3) is 0.0909. The van der Waals surface area contributed by atoms with Gasteiger partial charge in [-0.1, -0.05) is 17.7 Å². The molecular formula is C22H18N2O5S. The summed E-state index contributed by atoms with van der Waals surface area (Å²) < 4.78 is 33.8. The molecule has 0 bridgehead atoms. The Morgan fingerprint density at radius 1 is 1.03 bits per heavy atom. The lowest BCUT2D eigenvalue weighted by molar-refractivity contribution is 0.0601. The number of hydrogen-bond donors (Lipinski definition) is 1. The van der Waals surface area contributed by atoms with Gasteiger partial charge < -0.3 is 9.47 Å². The van der Waals surface area contributed by atoms with E-state index in [0.29, 0.717) is 22.7 Å². The predicted molar refractivity (Wildman–Crippen MR) is 113 cm³/mol. The first-order valence-electron chi connectivity index (χ1n) is 8.81. The number of ether oxygens (including phenoxy) is 2. The lowest BCUT2D eigenvalue weighted by Gasteiger charge is -2.23. The van der Waals surface area contributed by atoms with Crippen LogP contribution in [0.25, 0.3) is 0 Å². The van der Waals surface area contributed by atoms with Gasteiger partial charge in [0.2, 0.25) is 0 Å². The predicted octanol–water partition coefficient (Wildman–Crippen LogP) is 4.72. The molecule has 0 radical (unpaired) electrons. The van der Waals surface area contributed by atoms with Crippen molar-refractivity contribution in [2.24, 2.45) is 0 Å². The van der Waals surface area contributed by atoms with Crippen LogP contribution in [-0.2, 0) is 16.0 Å². The van der Waals surface area contributed by atoms with Crippen molar-refractivity contribution in [2.45, 2.75) is 6.92 Å². The van der Waals surface area contributed by atoms with Crippen molar-refractivity contribution in [1.29, 1.82) is 5.26 Å². The van der Waals surface area contributed by atoms with E-state index in [4.69, 9.17) is 14.7 Å². The summed E-state index contributed by atoms with van der Waals surface area (Å²) in [5.41, 5.74) is 2.17. The van der Waals surface area contributed by atoms with Gasteiger partial charge in [0.1, 0.15) is 11.5 Å². The molecule has 3 rings (SSSR count). The standard InChI is InChI=1S/C22H18N2O5S/c1-15-3-7-17(8-4-15)24(30(26)27)21-12-11-19(13-20(21)22(25)28-2)29-18-9-5-16(14-23)6-10-18/h3-13H,1-2H3,(H,26,27). The molecular weight excluding hydrogens is 404 g/mol. The van der Waals surface area contributed by atoms with Gasteiger partial charge in [-0.2, -0.15) is 5.26 Å². The maximum absolute atomic E-state index is 12.4. The van der Waals surface area contributed by atoms with Crippen molar-refractivity contribution < 1.29 is 23.0 Å². The van der Waals surface area contributed by atoms with E-state index in [1.54, 1.807) is 54.6 Å². The van der Waals surface area contributed by atoms with Gasteiger partial charge in [-0.3, -0.25) is 4.55 Å². The Hall–Kier alpha value is -3.67. The van der Waals surface area contributed by atoms with Crippen molar-refractivity contribution in [2.75, 3.05) is 11.4 Å². The summed E-state index contributed by atoms with van der Waals surface area (Å²) >= 11 is -2.43. The topological polar surface area (TPSA) is 99.9 Å². The third-order valence-corrected chi connectivity index (χ3v) is 4.96. The van der Waals surface area contributed by atoms with Crippen LogP contribution < -0.4 is 9.04 Å². The van der Waals surface area contributed by atoms with Crippen LogP contribution in [0.3, 0.4) is 0 Å². The molecule has 8 heteroatoms. The minimum atomic E-state index is -2.43. The molecule has 0 heterocycles. The summed E-state index contributed by atoms with van der Waals surface area (Å²) in [6.45, 7) is 1.90.